The smallest absolute Gasteiger partial charge is 0.135 e. The van der Waals surface area contributed by atoms with Crippen molar-refractivity contribution in [2.45, 2.75) is 38.3 Å². The Balaban J connectivity index is 1.85. The summed E-state index contributed by atoms with van der Waals surface area (Å²) in [5, 5.41) is 21.2. The van der Waals surface area contributed by atoms with Crippen LogP contribution in [0.1, 0.15) is 36.1 Å². The van der Waals surface area contributed by atoms with E-state index in [1.54, 1.807) is 26.0 Å². The number of nitriles is 1. The van der Waals surface area contributed by atoms with E-state index in [-0.39, 0.29) is 6.61 Å². The molecule has 0 saturated carbocycles. The van der Waals surface area contributed by atoms with E-state index in [2.05, 4.69) is 41.8 Å². The summed E-state index contributed by atoms with van der Waals surface area (Å²) in [7, 11) is 3.40. The van der Waals surface area contributed by atoms with Gasteiger partial charge < -0.3 is 19.5 Å². The number of nitrogens with zero attached hydrogens (tertiary/aromatic N) is 4. The molecule has 0 unspecified atom stereocenters. The number of hydrogen-bond donors (Lipinski definition) is 1. The van der Waals surface area contributed by atoms with Crippen molar-refractivity contribution in [3.63, 3.8) is 0 Å². The summed E-state index contributed by atoms with van der Waals surface area (Å²) in [6, 6.07) is 10.5. The molecule has 0 amide bonds. The Bertz CT molecular complexity index is 983. The maximum atomic E-state index is 10.4. The van der Waals surface area contributed by atoms with E-state index in [1.165, 1.54) is 5.56 Å². The predicted octanol–water partition coefficient (Wildman–Crippen LogP) is 3.76. The molecule has 190 valence electrons. The molecule has 7 nitrogen and oxygen atoms in total. The van der Waals surface area contributed by atoms with Crippen LogP contribution in [0, 0.1) is 17.2 Å². The minimum Gasteiger partial charge on any atom is -0.497 e. The molecule has 1 aromatic heterocycles. The fraction of sp³-hybridized carbons (Fsp3) is 0.556. The van der Waals surface area contributed by atoms with Gasteiger partial charge in [-0.05, 0) is 42.0 Å². The standard InChI is InChI=1S/C27H38N4O3S/c1-20(2)17-23-24(18-28)27(35-16-9-21-5-7-22(34-4)8-6-21)29-26(25(23)19-32)31-12-10-30(11-13-31)14-15-33-3/h5-8,20,32H,9-17,19H2,1-4H3. The highest BCUT2D eigenvalue weighted by Gasteiger charge is 2.26. The number of anilines is 1. The van der Waals surface area contributed by atoms with Crippen LogP contribution in [-0.4, -0.2) is 74.3 Å². The van der Waals surface area contributed by atoms with E-state index in [4.69, 9.17) is 14.5 Å². The Kier molecular flexibility index (Phi) is 10.7. The van der Waals surface area contributed by atoms with Crippen LogP contribution in [0.25, 0.3) is 0 Å². The molecule has 0 bridgehead atoms. The molecule has 1 saturated heterocycles. The predicted molar refractivity (Wildman–Crippen MR) is 141 cm³/mol. The van der Waals surface area contributed by atoms with Crippen LogP contribution in [0.5, 0.6) is 5.75 Å². The van der Waals surface area contributed by atoms with Crippen molar-refractivity contribution >= 4 is 17.6 Å². The van der Waals surface area contributed by atoms with Crippen LogP contribution in [0.3, 0.4) is 0 Å². The Labute approximate surface area is 214 Å². The summed E-state index contributed by atoms with van der Waals surface area (Å²) in [6.07, 6.45) is 1.62. The minimum atomic E-state index is -0.111. The molecule has 8 heteroatoms. The number of aliphatic hydroxyl groups is 1. The number of ether oxygens (including phenoxy) is 2. The van der Waals surface area contributed by atoms with Crippen LogP contribution in [0.4, 0.5) is 5.82 Å². The molecular formula is C27H38N4O3S. The number of rotatable bonds is 12. The van der Waals surface area contributed by atoms with E-state index < -0.39 is 0 Å². The number of aliphatic hydroxyl groups excluding tert-OH is 1. The van der Waals surface area contributed by atoms with Crippen molar-refractivity contribution < 1.29 is 14.6 Å². The van der Waals surface area contributed by atoms with Gasteiger partial charge in [-0.3, -0.25) is 4.90 Å². The van der Waals surface area contributed by atoms with Crippen molar-refractivity contribution in [2.75, 3.05) is 64.2 Å². The number of aromatic nitrogens is 1. The molecule has 1 aromatic carbocycles. The van der Waals surface area contributed by atoms with Gasteiger partial charge in [-0.15, -0.1) is 11.8 Å². The fourth-order valence-corrected chi connectivity index (χ4v) is 5.37. The van der Waals surface area contributed by atoms with E-state index in [0.717, 1.165) is 85.6 Å². The zero-order valence-electron chi connectivity index (χ0n) is 21.4. The number of benzene rings is 1. The van der Waals surface area contributed by atoms with Crippen LogP contribution in [-0.2, 0) is 24.2 Å². The Morgan fingerprint density at radius 3 is 2.40 bits per heavy atom. The van der Waals surface area contributed by atoms with Gasteiger partial charge in [-0.25, -0.2) is 4.98 Å². The van der Waals surface area contributed by atoms with Crippen molar-refractivity contribution in [1.82, 2.24) is 9.88 Å². The van der Waals surface area contributed by atoms with E-state index >= 15 is 0 Å². The third kappa shape index (κ3) is 7.34. The maximum absolute atomic E-state index is 10.4. The minimum absolute atomic E-state index is 0.111. The lowest BCUT2D eigenvalue weighted by Gasteiger charge is -2.36. The summed E-state index contributed by atoms with van der Waals surface area (Å²) >= 11 is 1.63. The monoisotopic (exact) mass is 498 g/mol. The van der Waals surface area contributed by atoms with Gasteiger partial charge in [0.1, 0.15) is 22.7 Å². The average Bonchev–Trinajstić information content (AvgIpc) is 2.87. The first-order chi connectivity index (χ1) is 17.0. The number of hydrogen-bond acceptors (Lipinski definition) is 8. The molecule has 2 heterocycles. The number of thioether (sulfide) groups is 1. The normalized spacial score (nSPS) is 14.4. The molecule has 0 atom stereocenters. The second-order valence-electron chi connectivity index (χ2n) is 9.21. The van der Waals surface area contributed by atoms with Gasteiger partial charge in [0.25, 0.3) is 0 Å². The maximum Gasteiger partial charge on any atom is 0.135 e. The van der Waals surface area contributed by atoms with E-state index in [9.17, 15) is 10.4 Å². The van der Waals surface area contributed by atoms with Crippen LogP contribution < -0.4 is 9.64 Å². The zero-order valence-corrected chi connectivity index (χ0v) is 22.2. The third-order valence-corrected chi connectivity index (χ3v) is 7.29. The third-order valence-electron chi connectivity index (χ3n) is 6.31. The van der Waals surface area contributed by atoms with Gasteiger partial charge in [-0.2, -0.15) is 5.26 Å². The largest absolute Gasteiger partial charge is 0.497 e. The quantitative estimate of drug-likeness (QED) is 0.443. The van der Waals surface area contributed by atoms with Crippen LogP contribution in [0.2, 0.25) is 0 Å². The van der Waals surface area contributed by atoms with E-state index in [1.807, 2.05) is 12.1 Å². The average molecular weight is 499 g/mol. The topological polar surface area (TPSA) is 81.8 Å². The van der Waals surface area contributed by atoms with Gasteiger partial charge in [0.05, 0.1) is 25.9 Å². The molecule has 1 fully saturated rings. The molecule has 0 spiro atoms. The van der Waals surface area contributed by atoms with Gasteiger partial charge in [0.15, 0.2) is 0 Å². The molecule has 0 aliphatic carbocycles. The Hall–Kier alpha value is -2.31. The molecule has 3 rings (SSSR count). The summed E-state index contributed by atoms with van der Waals surface area (Å²) < 4.78 is 10.5. The molecule has 35 heavy (non-hydrogen) atoms. The first kappa shape index (κ1) is 27.3. The first-order valence-electron chi connectivity index (χ1n) is 12.3. The van der Waals surface area contributed by atoms with Crippen molar-refractivity contribution in [1.29, 1.82) is 5.26 Å². The Morgan fingerprint density at radius 1 is 1.11 bits per heavy atom. The van der Waals surface area contributed by atoms with E-state index in [0.29, 0.717) is 11.5 Å². The highest BCUT2D eigenvalue weighted by molar-refractivity contribution is 7.99. The molecule has 2 aromatic rings. The summed E-state index contributed by atoms with van der Waals surface area (Å²) in [5.41, 5.74) is 3.59. The van der Waals surface area contributed by atoms with Gasteiger partial charge in [0.2, 0.25) is 0 Å². The lowest BCUT2D eigenvalue weighted by Crippen LogP contribution is -2.48. The molecule has 1 aliphatic rings. The molecule has 0 radical (unpaired) electrons. The second kappa shape index (κ2) is 13.7. The van der Waals surface area contributed by atoms with Gasteiger partial charge in [0, 0.05) is 51.1 Å². The molecule has 1 N–H and O–H groups in total. The Morgan fingerprint density at radius 2 is 1.83 bits per heavy atom. The number of piperazine rings is 1. The highest BCUT2D eigenvalue weighted by atomic mass is 32.2. The lowest BCUT2D eigenvalue weighted by molar-refractivity contribution is 0.143. The molecule has 1 aliphatic heterocycles. The van der Waals surface area contributed by atoms with Crippen LogP contribution >= 0.6 is 11.8 Å². The number of aryl methyl sites for hydroxylation is 1. The summed E-state index contributed by atoms with van der Waals surface area (Å²) in [6.45, 7) is 9.36. The SMILES string of the molecule is COCCN1CCN(c2nc(SCCc3ccc(OC)cc3)c(C#N)c(CC(C)C)c2CO)CC1. The lowest BCUT2D eigenvalue weighted by atomic mass is 9.95. The van der Waals surface area contributed by atoms with Gasteiger partial charge >= 0.3 is 0 Å². The fourth-order valence-electron chi connectivity index (χ4n) is 4.38. The molecular weight excluding hydrogens is 460 g/mol. The van der Waals surface area contributed by atoms with Crippen molar-refractivity contribution in [2.24, 2.45) is 5.92 Å². The van der Waals surface area contributed by atoms with Gasteiger partial charge in [-0.1, -0.05) is 26.0 Å². The van der Waals surface area contributed by atoms with Crippen LogP contribution in [0.15, 0.2) is 29.3 Å². The first-order valence-corrected chi connectivity index (χ1v) is 13.3. The zero-order chi connectivity index (χ0) is 25.2. The van der Waals surface area contributed by atoms with Crippen molar-refractivity contribution in [3.05, 3.63) is 46.5 Å². The summed E-state index contributed by atoms with van der Waals surface area (Å²) in [5.74, 6) is 2.86. The van der Waals surface area contributed by atoms with Crippen molar-refractivity contribution in [3.8, 4) is 11.8 Å². The number of pyridine rings is 1. The highest BCUT2D eigenvalue weighted by Crippen LogP contribution is 2.34. The number of methoxy groups -OCH3 is 2. The second-order valence-corrected chi connectivity index (χ2v) is 10.3. The summed E-state index contributed by atoms with van der Waals surface area (Å²) in [4.78, 5) is 9.66.